The van der Waals surface area contributed by atoms with Crippen molar-refractivity contribution in [3.05, 3.63) is 72.9 Å². The van der Waals surface area contributed by atoms with Crippen LogP contribution in [-0.2, 0) is 23.7 Å². The molecule has 14 heteroatoms. The lowest BCUT2D eigenvalue weighted by Crippen LogP contribution is -2.65. The molecule has 0 radical (unpaired) electrons. The number of hydrogen-bond donors (Lipinski definition) is 9. The Balaban J connectivity index is 1.64. The van der Waals surface area contributed by atoms with Gasteiger partial charge in [0.2, 0.25) is 5.91 Å². The van der Waals surface area contributed by atoms with Crippen LogP contribution < -0.4 is 5.32 Å². The minimum atomic E-state index is -1.78. The van der Waals surface area contributed by atoms with Gasteiger partial charge in [0.05, 0.1) is 32.0 Å². The van der Waals surface area contributed by atoms with Gasteiger partial charge in [-0.1, -0.05) is 209 Å². The number of carbonyl (C=O) groups is 1. The van der Waals surface area contributed by atoms with Crippen LogP contribution in [0.3, 0.4) is 0 Å². The third kappa shape index (κ3) is 31.0. The topological polar surface area (TPSA) is 228 Å². The van der Waals surface area contributed by atoms with E-state index in [4.69, 9.17) is 18.9 Å². The standard InChI is InChI=1S/C60H105NO13/c1-3-5-7-9-11-13-14-15-16-17-18-19-20-21-22-23-24-25-26-27-28-29-30-31-32-33-34-36-38-40-42-44-52(65)61-48(49(64)43-41-39-37-35-12-10-8-6-4-2)47-71-59-57(70)55(68)58(51(46-63)73-59)74-60-56(69)54(67)53(66)50(45-62)72-60/h5,7,11,13,15-16,18-19,21-22,24-25,48-51,53-60,62-64,66-70H,3-4,6,8-10,12,14,17,20,23,26-47H2,1-2H3,(H,61,65)/b7-5-,13-11-,16-15-,19-18-,22-21-,25-24-. The summed E-state index contributed by atoms with van der Waals surface area (Å²) in [5, 5.41) is 86.9. The summed E-state index contributed by atoms with van der Waals surface area (Å²) in [6.07, 6.45) is 42.1. The van der Waals surface area contributed by atoms with Gasteiger partial charge in [-0.25, -0.2) is 0 Å². The maximum Gasteiger partial charge on any atom is 0.220 e. The van der Waals surface area contributed by atoms with E-state index in [-0.39, 0.29) is 12.5 Å². The molecule has 2 fully saturated rings. The fourth-order valence-electron chi connectivity index (χ4n) is 9.24. The molecule has 12 atom stereocenters. The molecular formula is C60H105NO13. The molecule has 0 aromatic heterocycles. The number of aliphatic hydroxyl groups excluding tert-OH is 8. The maximum atomic E-state index is 13.2. The van der Waals surface area contributed by atoms with E-state index in [0.717, 1.165) is 96.3 Å². The van der Waals surface area contributed by atoms with Crippen molar-refractivity contribution in [3.8, 4) is 0 Å². The van der Waals surface area contributed by atoms with Gasteiger partial charge in [0.1, 0.15) is 48.8 Å². The minimum Gasteiger partial charge on any atom is -0.394 e. The number of ether oxygens (including phenoxy) is 4. The SMILES string of the molecule is CC/C=C\C/C=C\C/C=C\C/C=C\C/C=C\C/C=C\CCCCCCCCCCCCCCC(=O)NC(COC1OC(CO)C(OC2OC(CO)C(O)C(O)C2O)C(O)C1O)C(O)CCCCCCCCCCC. The highest BCUT2D eigenvalue weighted by atomic mass is 16.7. The molecule has 2 rings (SSSR count). The smallest absolute Gasteiger partial charge is 0.220 e. The number of hydrogen-bond acceptors (Lipinski definition) is 13. The van der Waals surface area contributed by atoms with Crippen LogP contribution in [0.25, 0.3) is 0 Å². The average Bonchev–Trinajstić information content (AvgIpc) is 3.40. The van der Waals surface area contributed by atoms with Gasteiger partial charge in [0.25, 0.3) is 0 Å². The van der Waals surface area contributed by atoms with Crippen LogP contribution in [0.5, 0.6) is 0 Å². The van der Waals surface area contributed by atoms with Crippen LogP contribution in [0, 0.1) is 0 Å². The van der Waals surface area contributed by atoms with E-state index in [2.05, 4.69) is 92.1 Å². The van der Waals surface area contributed by atoms with Crippen molar-refractivity contribution in [3.63, 3.8) is 0 Å². The van der Waals surface area contributed by atoms with Crippen LogP contribution in [-0.4, -0.2) is 140 Å². The number of aliphatic hydroxyl groups is 8. The van der Waals surface area contributed by atoms with E-state index in [1.807, 2.05) is 0 Å². The number of rotatable bonds is 45. The molecule has 428 valence electrons. The molecule has 2 aliphatic heterocycles. The van der Waals surface area contributed by atoms with Gasteiger partial charge in [-0.05, 0) is 64.2 Å². The molecule has 1 amide bonds. The Hall–Kier alpha value is -2.57. The van der Waals surface area contributed by atoms with E-state index in [0.29, 0.717) is 12.8 Å². The van der Waals surface area contributed by atoms with E-state index in [1.165, 1.54) is 83.5 Å². The van der Waals surface area contributed by atoms with E-state index in [9.17, 15) is 45.6 Å². The van der Waals surface area contributed by atoms with Crippen molar-refractivity contribution in [2.75, 3.05) is 19.8 Å². The Morgan fingerprint density at radius 1 is 0.500 bits per heavy atom. The lowest BCUT2D eigenvalue weighted by Gasteiger charge is -2.46. The molecule has 0 spiro atoms. The zero-order valence-corrected chi connectivity index (χ0v) is 45.8. The van der Waals surface area contributed by atoms with Crippen molar-refractivity contribution in [2.45, 2.75) is 280 Å². The second-order valence-corrected chi connectivity index (χ2v) is 20.4. The zero-order valence-electron chi connectivity index (χ0n) is 45.8. The molecule has 0 bridgehead atoms. The van der Waals surface area contributed by atoms with Gasteiger partial charge in [-0.2, -0.15) is 0 Å². The second-order valence-electron chi connectivity index (χ2n) is 20.4. The Labute approximate surface area is 447 Å². The van der Waals surface area contributed by atoms with Gasteiger partial charge >= 0.3 is 0 Å². The Morgan fingerprint density at radius 3 is 1.43 bits per heavy atom. The molecule has 0 aromatic carbocycles. The molecule has 12 unspecified atom stereocenters. The summed E-state index contributed by atoms with van der Waals surface area (Å²) in [5.41, 5.74) is 0. The molecule has 9 N–H and O–H groups in total. The molecule has 2 heterocycles. The molecule has 74 heavy (non-hydrogen) atoms. The fourth-order valence-corrected chi connectivity index (χ4v) is 9.24. The van der Waals surface area contributed by atoms with E-state index < -0.39 is 86.8 Å². The molecule has 2 saturated heterocycles. The van der Waals surface area contributed by atoms with Crippen molar-refractivity contribution < 1.29 is 64.6 Å². The van der Waals surface area contributed by atoms with E-state index >= 15 is 0 Å². The maximum absolute atomic E-state index is 13.2. The van der Waals surface area contributed by atoms with Crippen LogP contribution in [0.1, 0.15) is 206 Å². The molecule has 0 aliphatic carbocycles. The van der Waals surface area contributed by atoms with Gasteiger partial charge in [-0.3, -0.25) is 4.79 Å². The number of carbonyl (C=O) groups excluding carboxylic acids is 1. The first-order valence-electron chi connectivity index (χ1n) is 29.2. The van der Waals surface area contributed by atoms with Crippen LogP contribution >= 0.6 is 0 Å². The average molecular weight is 1050 g/mol. The molecule has 2 aliphatic rings. The number of allylic oxidation sites excluding steroid dienone is 12. The van der Waals surface area contributed by atoms with Crippen LogP contribution in [0.4, 0.5) is 0 Å². The number of nitrogens with one attached hydrogen (secondary N) is 1. The number of amides is 1. The highest BCUT2D eigenvalue weighted by Crippen LogP contribution is 2.30. The summed E-state index contributed by atoms with van der Waals surface area (Å²) in [5.74, 6) is -0.214. The summed E-state index contributed by atoms with van der Waals surface area (Å²) >= 11 is 0. The monoisotopic (exact) mass is 1050 g/mol. The number of unbranched alkanes of at least 4 members (excludes halogenated alkanes) is 20. The van der Waals surface area contributed by atoms with Crippen LogP contribution in [0.15, 0.2) is 72.9 Å². The Bertz CT molecular complexity index is 1520. The summed E-state index contributed by atoms with van der Waals surface area (Å²) in [4.78, 5) is 13.2. The van der Waals surface area contributed by atoms with Crippen molar-refractivity contribution in [1.82, 2.24) is 5.32 Å². The normalized spacial score (nSPS) is 25.8. The molecular weight excluding hydrogens is 943 g/mol. The predicted octanol–water partition coefficient (Wildman–Crippen LogP) is 9.55. The van der Waals surface area contributed by atoms with Gasteiger partial charge in [0, 0.05) is 6.42 Å². The fraction of sp³-hybridized carbons (Fsp3) is 0.783. The predicted molar refractivity (Wildman–Crippen MR) is 295 cm³/mol. The first-order valence-corrected chi connectivity index (χ1v) is 29.2. The minimum absolute atomic E-state index is 0.214. The summed E-state index contributed by atoms with van der Waals surface area (Å²) in [7, 11) is 0. The highest BCUT2D eigenvalue weighted by molar-refractivity contribution is 5.76. The highest BCUT2D eigenvalue weighted by Gasteiger charge is 2.51. The summed E-state index contributed by atoms with van der Waals surface area (Å²) in [6.45, 7) is 2.70. The van der Waals surface area contributed by atoms with Crippen molar-refractivity contribution in [2.24, 2.45) is 0 Å². The zero-order chi connectivity index (χ0) is 53.9. The molecule has 0 aromatic rings. The largest absolute Gasteiger partial charge is 0.394 e. The lowest BCUT2D eigenvalue weighted by atomic mass is 9.97. The van der Waals surface area contributed by atoms with Crippen molar-refractivity contribution >= 4 is 5.91 Å². The first-order chi connectivity index (χ1) is 36.1. The Kier molecular flexibility index (Phi) is 41.5. The van der Waals surface area contributed by atoms with Gasteiger partial charge < -0.3 is 65.1 Å². The Morgan fingerprint density at radius 2 is 0.932 bits per heavy atom. The van der Waals surface area contributed by atoms with Crippen LogP contribution in [0.2, 0.25) is 0 Å². The van der Waals surface area contributed by atoms with Crippen molar-refractivity contribution in [1.29, 1.82) is 0 Å². The summed E-state index contributed by atoms with van der Waals surface area (Å²) < 4.78 is 22.7. The lowest BCUT2D eigenvalue weighted by molar-refractivity contribution is -0.359. The third-order valence-electron chi connectivity index (χ3n) is 13.9. The second kappa shape index (κ2) is 45.4. The first kappa shape index (κ1) is 67.5. The van der Waals surface area contributed by atoms with E-state index in [1.54, 1.807) is 0 Å². The molecule has 14 nitrogen and oxygen atoms in total. The quantitative estimate of drug-likeness (QED) is 0.0205. The molecule has 0 saturated carbocycles. The van der Waals surface area contributed by atoms with Gasteiger partial charge in [-0.15, -0.1) is 0 Å². The summed E-state index contributed by atoms with van der Waals surface area (Å²) in [6, 6.07) is -0.831. The van der Waals surface area contributed by atoms with Gasteiger partial charge in [0.15, 0.2) is 12.6 Å². The third-order valence-corrected chi connectivity index (χ3v) is 13.9.